The van der Waals surface area contributed by atoms with Gasteiger partial charge in [-0.1, -0.05) is 72.8 Å². The monoisotopic (exact) mass is 385 g/mol. The predicted molar refractivity (Wildman–Crippen MR) is 111 cm³/mol. The first-order valence-electron chi connectivity index (χ1n) is 9.07. The van der Waals surface area contributed by atoms with Crippen LogP contribution in [0.25, 0.3) is 16.8 Å². The number of nitrogens with one attached hydrogen (secondary N) is 1. The van der Waals surface area contributed by atoms with Gasteiger partial charge >= 0.3 is 0 Å². The number of imidazole rings is 1. The molecule has 2 aromatic heterocycles. The van der Waals surface area contributed by atoms with Crippen LogP contribution >= 0.6 is 23.2 Å². The van der Waals surface area contributed by atoms with Crippen molar-refractivity contribution in [3.05, 3.63) is 64.9 Å². The summed E-state index contributed by atoms with van der Waals surface area (Å²) in [5.41, 5.74) is 2.65. The van der Waals surface area contributed by atoms with Gasteiger partial charge in [0.1, 0.15) is 17.2 Å². The number of pyridine rings is 1. The Morgan fingerprint density at radius 1 is 1.08 bits per heavy atom. The van der Waals surface area contributed by atoms with Gasteiger partial charge in [-0.25, -0.2) is 4.98 Å². The number of fused-ring (bicyclic) bond motifs is 1. The topological polar surface area (TPSA) is 29.3 Å². The molecule has 0 bridgehead atoms. The zero-order valence-electron chi connectivity index (χ0n) is 14.5. The van der Waals surface area contributed by atoms with E-state index in [1.54, 1.807) is 0 Å². The van der Waals surface area contributed by atoms with Gasteiger partial charge in [0.2, 0.25) is 0 Å². The molecule has 4 rings (SSSR count). The van der Waals surface area contributed by atoms with E-state index in [2.05, 4.69) is 5.32 Å². The van der Waals surface area contributed by atoms with E-state index in [0.717, 1.165) is 22.7 Å². The molecule has 0 atom stereocenters. The zero-order valence-corrected chi connectivity index (χ0v) is 16.0. The second-order valence-electron chi connectivity index (χ2n) is 6.77. The molecule has 0 radical (unpaired) electrons. The van der Waals surface area contributed by atoms with Gasteiger partial charge in [0.25, 0.3) is 0 Å². The summed E-state index contributed by atoms with van der Waals surface area (Å²) in [5.74, 6) is 0.923. The summed E-state index contributed by atoms with van der Waals surface area (Å²) in [6, 6.07) is 14.3. The predicted octanol–water partition coefficient (Wildman–Crippen LogP) is 6.47. The smallest absolute Gasteiger partial charge is 0.140 e. The number of nitrogens with zero attached hydrogens (tertiary/aromatic N) is 2. The standard InChI is InChI=1S/C21H21Cl2N3/c22-16-11-12-19-25-20(18(23)13-15-7-3-1-4-8-15)21(26(19)14-16)24-17-9-5-2-6-10-17/h1,3-4,7-8,11-14,17,24H,2,5-6,9-10H2. The highest BCUT2D eigenvalue weighted by Crippen LogP contribution is 2.32. The maximum absolute atomic E-state index is 6.69. The van der Waals surface area contributed by atoms with Crippen molar-refractivity contribution in [3.8, 4) is 0 Å². The van der Waals surface area contributed by atoms with Gasteiger partial charge in [-0.05, 0) is 36.6 Å². The molecule has 3 aromatic rings. The number of halogens is 2. The highest BCUT2D eigenvalue weighted by Gasteiger charge is 2.20. The van der Waals surface area contributed by atoms with Crippen LogP contribution in [-0.4, -0.2) is 15.4 Å². The molecule has 2 heterocycles. The Hall–Kier alpha value is -1.97. The van der Waals surface area contributed by atoms with Gasteiger partial charge < -0.3 is 5.32 Å². The first-order valence-corrected chi connectivity index (χ1v) is 9.83. The quantitative estimate of drug-likeness (QED) is 0.557. The fraction of sp³-hybridized carbons (Fsp3) is 0.286. The minimum absolute atomic E-state index is 0.447. The van der Waals surface area contributed by atoms with Crippen molar-refractivity contribution < 1.29 is 0 Å². The van der Waals surface area contributed by atoms with Crippen molar-refractivity contribution in [2.24, 2.45) is 0 Å². The first kappa shape index (κ1) is 17.4. The molecule has 0 aliphatic heterocycles. The molecule has 1 fully saturated rings. The van der Waals surface area contributed by atoms with Crippen molar-refractivity contribution in [2.75, 3.05) is 5.32 Å². The Morgan fingerprint density at radius 2 is 1.85 bits per heavy atom. The fourth-order valence-electron chi connectivity index (χ4n) is 3.53. The zero-order chi connectivity index (χ0) is 17.9. The molecular formula is C21H21Cl2N3. The third-order valence-corrected chi connectivity index (χ3v) is 5.36. The molecule has 1 aromatic carbocycles. The summed E-state index contributed by atoms with van der Waals surface area (Å²) in [4.78, 5) is 4.76. The van der Waals surface area contributed by atoms with Crippen molar-refractivity contribution >= 4 is 45.8 Å². The number of hydrogen-bond donors (Lipinski definition) is 1. The van der Waals surface area contributed by atoms with E-state index >= 15 is 0 Å². The normalized spacial score (nSPS) is 16.2. The lowest BCUT2D eigenvalue weighted by Gasteiger charge is -2.24. The van der Waals surface area contributed by atoms with Crippen LogP contribution < -0.4 is 5.32 Å². The van der Waals surface area contributed by atoms with E-state index in [0.29, 0.717) is 16.1 Å². The van der Waals surface area contributed by atoms with Crippen LogP contribution in [-0.2, 0) is 0 Å². The molecule has 1 aliphatic carbocycles. The molecule has 1 aliphatic rings. The van der Waals surface area contributed by atoms with Crippen LogP contribution in [0.4, 0.5) is 5.82 Å². The third-order valence-electron chi connectivity index (χ3n) is 4.85. The molecule has 0 spiro atoms. The van der Waals surface area contributed by atoms with Crippen molar-refractivity contribution in [2.45, 2.75) is 38.1 Å². The van der Waals surface area contributed by atoms with Crippen LogP contribution in [0.5, 0.6) is 0 Å². The van der Waals surface area contributed by atoms with Crippen LogP contribution in [0.1, 0.15) is 43.4 Å². The molecule has 134 valence electrons. The molecule has 3 nitrogen and oxygen atoms in total. The van der Waals surface area contributed by atoms with Gasteiger partial charge in [-0.15, -0.1) is 0 Å². The van der Waals surface area contributed by atoms with E-state index in [9.17, 15) is 0 Å². The maximum atomic E-state index is 6.69. The van der Waals surface area contributed by atoms with Gasteiger partial charge in [0.15, 0.2) is 0 Å². The summed E-state index contributed by atoms with van der Waals surface area (Å²) in [6.07, 6.45) is 10.0. The largest absolute Gasteiger partial charge is 0.367 e. The molecule has 5 heteroatoms. The van der Waals surface area contributed by atoms with E-state index in [1.807, 2.05) is 59.1 Å². The number of rotatable bonds is 4. The SMILES string of the molecule is ClC(=Cc1ccccc1)c1nc2ccc(Cl)cn2c1NC1CCCCC1. The van der Waals surface area contributed by atoms with E-state index < -0.39 is 0 Å². The van der Waals surface area contributed by atoms with Gasteiger partial charge in [-0.2, -0.15) is 0 Å². The van der Waals surface area contributed by atoms with Crippen LogP contribution in [0, 0.1) is 0 Å². The lowest BCUT2D eigenvalue weighted by molar-refractivity contribution is 0.461. The van der Waals surface area contributed by atoms with Crippen LogP contribution in [0.15, 0.2) is 48.7 Å². The minimum Gasteiger partial charge on any atom is -0.367 e. The molecule has 0 saturated heterocycles. The molecule has 26 heavy (non-hydrogen) atoms. The maximum Gasteiger partial charge on any atom is 0.140 e. The highest BCUT2D eigenvalue weighted by molar-refractivity contribution is 6.51. The Kier molecular flexibility index (Phi) is 5.18. The van der Waals surface area contributed by atoms with Crippen LogP contribution in [0.3, 0.4) is 0 Å². The second kappa shape index (κ2) is 7.73. The Labute approximate surface area is 163 Å². The van der Waals surface area contributed by atoms with Gasteiger partial charge in [0.05, 0.1) is 10.1 Å². The molecule has 1 N–H and O–H groups in total. The molecular weight excluding hydrogens is 365 g/mol. The molecule has 1 saturated carbocycles. The average Bonchev–Trinajstić information content (AvgIpc) is 3.01. The summed E-state index contributed by atoms with van der Waals surface area (Å²) >= 11 is 12.9. The van der Waals surface area contributed by atoms with E-state index in [1.165, 1.54) is 32.1 Å². The first-order chi connectivity index (χ1) is 12.7. The highest BCUT2D eigenvalue weighted by atomic mass is 35.5. The molecule has 0 amide bonds. The van der Waals surface area contributed by atoms with Gasteiger partial charge in [-0.3, -0.25) is 4.40 Å². The second-order valence-corrected chi connectivity index (χ2v) is 7.61. The van der Waals surface area contributed by atoms with Crippen LogP contribution in [0.2, 0.25) is 5.02 Å². The summed E-state index contributed by atoms with van der Waals surface area (Å²) in [7, 11) is 0. The van der Waals surface area contributed by atoms with E-state index in [-0.39, 0.29) is 0 Å². The number of hydrogen-bond acceptors (Lipinski definition) is 2. The van der Waals surface area contributed by atoms with Crippen molar-refractivity contribution in [1.29, 1.82) is 0 Å². The van der Waals surface area contributed by atoms with Crippen molar-refractivity contribution in [3.63, 3.8) is 0 Å². The summed E-state index contributed by atoms with van der Waals surface area (Å²) in [6.45, 7) is 0. The third kappa shape index (κ3) is 3.74. The number of anilines is 1. The Bertz CT molecular complexity index is 925. The molecule has 0 unspecified atom stereocenters. The summed E-state index contributed by atoms with van der Waals surface area (Å²) < 4.78 is 2.01. The summed E-state index contributed by atoms with van der Waals surface area (Å²) in [5, 5.41) is 4.98. The van der Waals surface area contributed by atoms with Crippen molar-refractivity contribution in [1.82, 2.24) is 9.38 Å². The minimum atomic E-state index is 0.447. The van der Waals surface area contributed by atoms with Gasteiger partial charge in [0, 0.05) is 12.2 Å². The average molecular weight is 386 g/mol. The lowest BCUT2D eigenvalue weighted by Crippen LogP contribution is -2.23. The number of benzene rings is 1. The van der Waals surface area contributed by atoms with E-state index in [4.69, 9.17) is 28.2 Å². The lowest BCUT2D eigenvalue weighted by atomic mass is 9.95. The Morgan fingerprint density at radius 3 is 2.62 bits per heavy atom. The fourth-order valence-corrected chi connectivity index (χ4v) is 3.95. The number of aromatic nitrogens is 2. The Balaban J connectivity index is 1.77.